The SMILES string of the molecule is Cc1nc(N2CCC(CN[C@H](C)c3cccc4ccccc34)C(c3ccccc3)C2)sc1C(=O)O. The molecule has 4 aromatic rings. The first-order valence-electron chi connectivity index (χ1n) is 12.2. The number of nitrogens with zero attached hydrogens (tertiary/aromatic N) is 2. The second kappa shape index (κ2) is 10.2. The summed E-state index contributed by atoms with van der Waals surface area (Å²) < 4.78 is 0. The van der Waals surface area contributed by atoms with Crippen LogP contribution in [0.2, 0.25) is 0 Å². The van der Waals surface area contributed by atoms with Gasteiger partial charge in [0.15, 0.2) is 5.13 Å². The number of aryl methyl sites for hydroxylation is 1. The molecule has 1 aromatic heterocycles. The van der Waals surface area contributed by atoms with Crippen molar-refractivity contribution in [2.75, 3.05) is 24.5 Å². The standard InChI is InChI=1S/C29H31N3O2S/c1-19(24-14-8-12-21-11-6-7-13-25(21)24)30-17-23-15-16-32(18-26(23)22-9-4-3-5-10-22)29-31-20(2)27(35-29)28(33)34/h3-14,19,23,26,30H,15-18H2,1-2H3,(H,33,34)/t19-,23?,26?/m1/s1. The van der Waals surface area contributed by atoms with Crippen molar-refractivity contribution in [2.24, 2.45) is 5.92 Å². The minimum Gasteiger partial charge on any atom is -0.477 e. The minimum absolute atomic E-state index is 0.246. The molecule has 0 bridgehead atoms. The highest BCUT2D eigenvalue weighted by molar-refractivity contribution is 7.17. The van der Waals surface area contributed by atoms with E-state index in [1.807, 2.05) is 0 Å². The van der Waals surface area contributed by atoms with Gasteiger partial charge in [0.1, 0.15) is 4.88 Å². The molecule has 0 spiro atoms. The molecule has 1 aliphatic heterocycles. The number of anilines is 1. The molecule has 2 heterocycles. The Bertz CT molecular complexity index is 1310. The van der Waals surface area contributed by atoms with Gasteiger partial charge in [0, 0.05) is 25.0 Å². The van der Waals surface area contributed by atoms with Crippen LogP contribution >= 0.6 is 11.3 Å². The predicted molar refractivity (Wildman–Crippen MR) is 144 cm³/mol. The number of fused-ring (bicyclic) bond motifs is 1. The fourth-order valence-corrected chi connectivity index (χ4v) is 6.22. The molecule has 35 heavy (non-hydrogen) atoms. The molecule has 180 valence electrons. The van der Waals surface area contributed by atoms with Crippen molar-refractivity contribution in [3.63, 3.8) is 0 Å². The van der Waals surface area contributed by atoms with E-state index < -0.39 is 5.97 Å². The van der Waals surface area contributed by atoms with Gasteiger partial charge in [-0.25, -0.2) is 9.78 Å². The van der Waals surface area contributed by atoms with E-state index in [1.165, 1.54) is 33.2 Å². The van der Waals surface area contributed by atoms with E-state index in [2.05, 4.69) is 94.9 Å². The normalized spacial score (nSPS) is 19.1. The fourth-order valence-electron chi connectivity index (χ4n) is 5.28. The summed E-state index contributed by atoms with van der Waals surface area (Å²) in [5, 5.41) is 16.7. The van der Waals surface area contributed by atoms with Crippen molar-refractivity contribution in [1.29, 1.82) is 0 Å². The van der Waals surface area contributed by atoms with Crippen LogP contribution in [0.5, 0.6) is 0 Å². The number of thiazole rings is 1. The van der Waals surface area contributed by atoms with E-state index in [4.69, 9.17) is 0 Å². The summed E-state index contributed by atoms with van der Waals surface area (Å²) in [5.41, 5.74) is 3.26. The van der Waals surface area contributed by atoms with E-state index in [0.29, 0.717) is 22.4 Å². The lowest BCUT2D eigenvalue weighted by Crippen LogP contribution is -2.43. The molecule has 1 aliphatic rings. The van der Waals surface area contributed by atoms with E-state index in [0.717, 1.165) is 31.2 Å². The van der Waals surface area contributed by atoms with Gasteiger partial charge in [-0.15, -0.1) is 0 Å². The van der Waals surface area contributed by atoms with Crippen LogP contribution in [0.25, 0.3) is 10.8 Å². The number of aromatic nitrogens is 1. The minimum atomic E-state index is -0.896. The topological polar surface area (TPSA) is 65.5 Å². The number of aromatic carboxylic acids is 1. The van der Waals surface area contributed by atoms with E-state index in [-0.39, 0.29) is 6.04 Å². The molecule has 0 saturated carbocycles. The Kier molecular flexibility index (Phi) is 6.84. The predicted octanol–water partition coefficient (Wildman–Crippen LogP) is 6.26. The van der Waals surface area contributed by atoms with Gasteiger partial charge in [-0.3, -0.25) is 0 Å². The number of carboxylic acid groups (broad SMARTS) is 1. The third-order valence-electron chi connectivity index (χ3n) is 7.21. The van der Waals surface area contributed by atoms with Crippen LogP contribution < -0.4 is 10.2 Å². The largest absolute Gasteiger partial charge is 0.477 e. The lowest BCUT2D eigenvalue weighted by molar-refractivity contribution is 0.0701. The Balaban J connectivity index is 1.34. The Hall–Kier alpha value is -3.22. The van der Waals surface area contributed by atoms with Crippen LogP contribution in [0.15, 0.2) is 72.8 Å². The van der Waals surface area contributed by atoms with Crippen molar-refractivity contribution in [3.8, 4) is 0 Å². The number of hydrogen-bond acceptors (Lipinski definition) is 5. The van der Waals surface area contributed by atoms with Gasteiger partial charge in [-0.2, -0.15) is 0 Å². The molecule has 2 N–H and O–H groups in total. The fraction of sp³-hybridized carbons (Fsp3) is 0.310. The second-order valence-corrected chi connectivity index (χ2v) is 10.4. The zero-order valence-corrected chi connectivity index (χ0v) is 21.0. The number of carbonyl (C=O) groups is 1. The molecule has 0 radical (unpaired) electrons. The van der Waals surface area contributed by atoms with Crippen LogP contribution in [0.3, 0.4) is 0 Å². The van der Waals surface area contributed by atoms with Gasteiger partial charge in [0.2, 0.25) is 0 Å². The summed E-state index contributed by atoms with van der Waals surface area (Å²) in [7, 11) is 0. The third-order valence-corrected chi connectivity index (χ3v) is 8.42. The molecule has 2 unspecified atom stereocenters. The number of piperidine rings is 1. The van der Waals surface area contributed by atoms with Gasteiger partial charge in [-0.05, 0) is 54.6 Å². The van der Waals surface area contributed by atoms with Crippen LogP contribution in [0, 0.1) is 12.8 Å². The molecular weight excluding hydrogens is 454 g/mol. The molecule has 5 rings (SSSR count). The molecule has 0 amide bonds. The van der Waals surface area contributed by atoms with Gasteiger partial charge in [0.05, 0.1) is 5.69 Å². The smallest absolute Gasteiger partial charge is 0.347 e. The molecule has 1 fully saturated rings. The van der Waals surface area contributed by atoms with Crippen LogP contribution in [-0.2, 0) is 0 Å². The zero-order valence-electron chi connectivity index (χ0n) is 20.1. The van der Waals surface area contributed by atoms with Gasteiger partial charge < -0.3 is 15.3 Å². The summed E-state index contributed by atoms with van der Waals surface area (Å²) in [6.07, 6.45) is 1.02. The van der Waals surface area contributed by atoms with Crippen molar-refractivity contribution in [3.05, 3.63) is 94.5 Å². The van der Waals surface area contributed by atoms with E-state index in [9.17, 15) is 9.90 Å². The van der Waals surface area contributed by atoms with E-state index >= 15 is 0 Å². The van der Waals surface area contributed by atoms with Crippen molar-refractivity contribution in [2.45, 2.75) is 32.2 Å². The van der Waals surface area contributed by atoms with Crippen LogP contribution in [0.4, 0.5) is 5.13 Å². The zero-order chi connectivity index (χ0) is 24.4. The lowest BCUT2D eigenvalue weighted by atomic mass is 9.80. The highest BCUT2D eigenvalue weighted by Crippen LogP contribution is 2.37. The number of nitrogens with one attached hydrogen (secondary N) is 1. The Labute approximate surface area is 210 Å². The number of rotatable bonds is 7. The summed E-state index contributed by atoms with van der Waals surface area (Å²) in [4.78, 5) is 18.8. The summed E-state index contributed by atoms with van der Waals surface area (Å²) in [6, 6.07) is 26.0. The van der Waals surface area contributed by atoms with Crippen molar-refractivity contribution >= 4 is 33.2 Å². The molecule has 0 aliphatic carbocycles. The highest BCUT2D eigenvalue weighted by Gasteiger charge is 2.32. The summed E-state index contributed by atoms with van der Waals surface area (Å²) in [5.74, 6) is -0.0758. The first kappa shape index (κ1) is 23.5. The second-order valence-electron chi connectivity index (χ2n) is 9.43. The molecular formula is C29H31N3O2S. The summed E-state index contributed by atoms with van der Waals surface area (Å²) in [6.45, 7) is 6.67. The Morgan fingerprint density at radius 1 is 1.11 bits per heavy atom. The maximum atomic E-state index is 11.5. The highest BCUT2D eigenvalue weighted by atomic mass is 32.1. The van der Waals surface area contributed by atoms with Crippen LogP contribution in [0.1, 0.15) is 51.8 Å². The van der Waals surface area contributed by atoms with E-state index in [1.54, 1.807) is 6.92 Å². The first-order chi connectivity index (χ1) is 17.0. The maximum absolute atomic E-state index is 11.5. The average Bonchev–Trinajstić information content (AvgIpc) is 3.29. The Morgan fingerprint density at radius 3 is 2.63 bits per heavy atom. The number of hydrogen-bond donors (Lipinski definition) is 2. The molecule has 5 nitrogen and oxygen atoms in total. The van der Waals surface area contributed by atoms with Crippen LogP contribution in [-0.4, -0.2) is 35.7 Å². The molecule has 1 saturated heterocycles. The number of carboxylic acids is 1. The average molecular weight is 486 g/mol. The Morgan fingerprint density at radius 2 is 1.86 bits per heavy atom. The number of benzene rings is 3. The summed E-state index contributed by atoms with van der Waals surface area (Å²) >= 11 is 1.29. The first-order valence-corrected chi connectivity index (χ1v) is 13.0. The van der Waals surface area contributed by atoms with Crippen molar-refractivity contribution in [1.82, 2.24) is 10.3 Å². The quantitative estimate of drug-likeness (QED) is 0.323. The van der Waals surface area contributed by atoms with Crippen molar-refractivity contribution < 1.29 is 9.90 Å². The van der Waals surface area contributed by atoms with Gasteiger partial charge in [-0.1, -0.05) is 84.1 Å². The molecule has 3 aromatic carbocycles. The maximum Gasteiger partial charge on any atom is 0.347 e. The lowest BCUT2D eigenvalue weighted by Gasteiger charge is -2.39. The third kappa shape index (κ3) is 4.95. The molecule has 3 atom stereocenters. The monoisotopic (exact) mass is 485 g/mol. The van der Waals surface area contributed by atoms with Gasteiger partial charge >= 0.3 is 5.97 Å². The molecule has 6 heteroatoms. The van der Waals surface area contributed by atoms with Gasteiger partial charge in [0.25, 0.3) is 0 Å².